The van der Waals surface area contributed by atoms with E-state index < -0.39 is 0 Å². The van der Waals surface area contributed by atoms with Gasteiger partial charge >= 0.3 is 0 Å². The molecule has 2 N–H and O–H groups in total. The van der Waals surface area contributed by atoms with Gasteiger partial charge in [-0.3, -0.25) is 4.79 Å². The lowest BCUT2D eigenvalue weighted by molar-refractivity contribution is -0.0186. The number of carbonyl (C=O) groups is 1. The van der Waals surface area contributed by atoms with Crippen LogP contribution in [0, 0.1) is 17.8 Å². The predicted octanol–water partition coefficient (Wildman–Crippen LogP) is 3.78. The quantitative estimate of drug-likeness (QED) is 0.828. The molecule has 4 bridgehead atoms. The highest BCUT2D eigenvalue weighted by molar-refractivity contribution is 5.98. The molecule has 0 saturated heterocycles. The maximum atomic E-state index is 12.7. The van der Waals surface area contributed by atoms with E-state index in [1.807, 2.05) is 6.07 Å². The first-order valence-corrected chi connectivity index (χ1v) is 9.76. The molecule has 0 spiro atoms. The van der Waals surface area contributed by atoms with Gasteiger partial charge in [0.05, 0.1) is 6.54 Å². The van der Waals surface area contributed by atoms with E-state index in [1.165, 1.54) is 49.8 Å². The second-order valence-corrected chi connectivity index (χ2v) is 9.10. The Morgan fingerprint density at radius 1 is 1.17 bits per heavy atom. The zero-order valence-electron chi connectivity index (χ0n) is 14.6. The molecule has 1 aromatic rings. The van der Waals surface area contributed by atoms with Gasteiger partial charge < -0.3 is 10.6 Å². The Morgan fingerprint density at radius 2 is 1.83 bits per heavy atom. The number of hydrogen-bond donors (Lipinski definition) is 2. The van der Waals surface area contributed by atoms with Crippen LogP contribution in [0.25, 0.3) is 0 Å². The minimum absolute atomic E-state index is 0.257. The number of ketones is 1. The largest absolute Gasteiger partial charge is 0.382 e. The highest BCUT2D eigenvalue weighted by Crippen LogP contribution is 2.55. The van der Waals surface area contributed by atoms with Gasteiger partial charge in [0, 0.05) is 22.8 Å². The molecule has 3 heteroatoms. The summed E-state index contributed by atoms with van der Waals surface area (Å²) in [6, 6.07) is 6.66. The van der Waals surface area contributed by atoms with E-state index in [-0.39, 0.29) is 11.3 Å². The third-order valence-corrected chi connectivity index (χ3v) is 7.02. The highest BCUT2D eigenvalue weighted by atomic mass is 16.1. The predicted molar refractivity (Wildman–Crippen MR) is 96.5 cm³/mol. The van der Waals surface area contributed by atoms with Gasteiger partial charge in [-0.15, -0.1) is 0 Å². The lowest BCUT2D eigenvalue weighted by atomic mass is 9.53. The Hall–Kier alpha value is -1.35. The molecule has 0 aromatic heterocycles. The van der Waals surface area contributed by atoms with Crippen molar-refractivity contribution in [1.82, 2.24) is 5.32 Å². The van der Waals surface area contributed by atoms with Crippen LogP contribution in [0.5, 0.6) is 0 Å². The normalized spacial score (nSPS) is 38.9. The van der Waals surface area contributed by atoms with Crippen LogP contribution in [0.4, 0.5) is 5.69 Å². The molecule has 1 atom stereocenters. The summed E-state index contributed by atoms with van der Waals surface area (Å²) in [6.45, 7) is 2.70. The molecule has 6 rings (SSSR count). The number of nitrogens with one attached hydrogen (secondary N) is 2. The minimum Gasteiger partial charge on any atom is -0.382 e. The second-order valence-electron chi connectivity index (χ2n) is 9.10. The molecule has 0 amide bonds. The number of carbonyl (C=O) groups excluding carboxylic acids is 1. The summed E-state index contributed by atoms with van der Waals surface area (Å²) in [5, 5.41) is 7.19. The SMILES string of the molecule is CC1Cc2cc(C(=O)CNC34CC5CC(CC(C5)C3)C4)ccc2N1. The zero-order chi connectivity index (χ0) is 16.3. The number of hydrogen-bond acceptors (Lipinski definition) is 3. The van der Waals surface area contributed by atoms with Crippen molar-refractivity contribution < 1.29 is 4.79 Å². The van der Waals surface area contributed by atoms with Crippen molar-refractivity contribution in [2.75, 3.05) is 11.9 Å². The van der Waals surface area contributed by atoms with E-state index in [4.69, 9.17) is 0 Å². The van der Waals surface area contributed by atoms with E-state index in [0.717, 1.165) is 29.7 Å². The Bertz CT molecular complexity index is 645. The maximum absolute atomic E-state index is 12.7. The average molecular weight is 324 g/mol. The molecule has 1 aliphatic heterocycles. The van der Waals surface area contributed by atoms with Crippen molar-refractivity contribution in [2.24, 2.45) is 17.8 Å². The molecule has 4 fully saturated rings. The molecule has 1 unspecified atom stereocenters. The number of Topliss-reactive ketones (excluding diaryl/α,β-unsaturated/α-hetero) is 1. The number of rotatable bonds is 4. The van der Waals surface area contributed by atoms with Crippen LogP contribution in [0.1, 0.15) is 61.4 Å². The van der Waals surface area contributed by atoms with Crippen LogP contribution < -0.4 is 10.6 Å². The molecule has 3 nitrogen and oxygen atoms in total. The highest BCUT2D eigenvalue weighted by Gasteiger charge is 2.50. The minimum atomic E-state index is 0.257. The van der Waals surface area contributed by atoms with Crippen molar-refractivity contribution in [1.29, 1.82) is 0 Å². The van der Waals surface area contributed by atoms with E-state index in [9.17, 15) is 4.79 Å². The van der Waals surface area contributed by atoms with Crippen molar-refractivity contribution >= 4 is 11.5 Å². The lowest BCUT2D eigenvalue weighted by Crippen LogP contribution is -2.59. The fourth-order valence-corrected chi connectivity index (χ4v) is 6.42. The monoisotopic (exact) mass is 324 g/mol. The van der Waals surface area contributed by atoms with Crippen LogP contribution in [0.3, 0.4) is 0 Å². The average Bonchev–Trinajstić information content (AvgIpc) is 2.90. The summed E-state index contributed by atoms with van der Waals surface area (Å²) >= 11 is 0. The summed E-state index contributed by atoms with van der Waals surface area (Å²) in [6.07, 6.45) is 9.28. The van der Waals surface area contributed by atoms with Crippen molar-refractivity contribution in [2.45, 2.75) is 63.5 Å². The van der Waals surface area contributed by atoms with Gasteiger partial charge in [0.25, 0.3) is 0 Å². The Labute approximate surface area is 144 Å². The van der Waals surface area contributed by atoms with Gasteiger partial charge in [-0.05, 0) is 93.4 Å². The van der Waals surface area contributed by atoms with Crippen LogP contribution in [0.2, 0.25) is 0 Å². The third kappa shape index (κ3) is 2.48. The molecule has 1 aromatic carbocycles. The van der Waals surface area contributed by atoms with Gasteiger partial charge in [-0.25, -0.2) is 0 Å². The lowest BCUT2D eigenvalue weighted by Gasteiger charge is -2.57. The van der Waals surface area contributed by atoms with Crippen LogP contribution in [-0.4, -0.2) is 23.9 Å². The molecule has 4 aliphatic carbocycles. The van der Waals surface area contributed by atoms with E-state index in [0.29, 0.717) is 12.6 Å². The van der Waals surface area contributed by atoms with Gasteiger partial charge in [0.1, 0.15) is 0 Å². The molecule has 0 radical (unpaired) electrons. The first-order chi connectivity index (χ1) is 11.6. The van der Waals surface area contributed by atoms with Gasteiger partial charge in [0.15, 0.2) is 5.78 Å². The number of fused-ring (bicyclic) bond motifs is 1. The molecular formula is C21H28N2O. The van der Waals surface area contributed by atoms with Gasteiger partial charge in [-0.1, -0.05) is 0 Å². The summed E-state index contributed by atoms with van der Waals surface area (Å²) in [4.78, 5) is 12.7. The first kappa shape index (κ1) is 14.9. The van der Waals surface area contributed by atoms with Crippen molar-refractivity contribution in [3.05, 3.63) is 29.3 Å². The molecular weight excluding hydrogens is 296 g/mol. The zero-order valence-corrected chi connectivity index (χ0v) is 14.6. The van der Waals surface area contributed by atoms with Crippen molar-refractivity contribution in [3.8, 4) is 0 Å². The summed E-state index contributed by atoms with van der Waals surface area (Å²) < 4.78 is 0. The fourth-order valence-electron chi connectivity index (χ4n) is 6.42. The first-order valence-electron chi connectivity index (χ1n) is 9.76. The fraction of sp³-hybridized carbons (Fsp3) is 0.667. The molecule has 24 heavy (non-hydrogen) atoms. The number of anilines is 1. The van der Waals surface area contributed by atoms with Gasteiger partial charge in [0.2, 0.25) is 0 Å². The molecule has 5 aliphatic rings. The van der Waals surface area contributed by atoms with E-state index in [2.05, 4.69) is 29.7 Å². The van der Waals surface area contributed by atoms with Crippen LogP contribution >= 0.6 is 0 Å². The smallest absolute Gasteiger partial charge is 0.176 e. The Kier molecular flexibility index (Phi) is 3.31. The topological polar surface area (TPSA) is 41.1 Å². The summed E-state index contributed by atoms with van der Waals surface area (Å²) in [7, 11) is 0. The van der Waals surface area contributed by atoms with E-state index >= 15 is 0 Å². The molecule has 128 valence electrons. The summed E-state index contributed by atoms with van der Waals surface area (Å²) in [5.41, 5.74) is 3.65. The Balaban J connectivity index is 1.27. The third-order valence-electron chi connectivity index (χ3n) is 7.02. The molecule has 4 saturated carbocycles. The van der Waals surface area contributed by atoms with Crippen LogP contribution in [0.15, 0.2) is 18.2 Å². The second kappa shape index (κ2) is 5.32. The van der Waals surface area contributed by atoms with Crippen LogP contribution in [-0.2, 0) is 6.42 Å². The number of benzene rings is 1. The maximum Gasteiger partial charge on any atom is 0.176 e. The Morgan fingerprint density at radius 3 is 2.50 bits per heavy atom. The summed E-state index contributed by atoms with van der Waals surface area (Å²) in [5.74, 6) is 3.03. The van der Waals surface area contributed by atoms with Crippen molar-refractivity contribution in [3.63, 3.8) is 0 Å². The van der Waals surface area contributed by atoms with E-state index in [1.54, 1.807) is 0 Å². The van der Waals surface area contributed by atoms with Gasteiger partial charge in [-0.2, -0.15) is 0 Å². The standard InChI is InChI=1S/C21H28N2O/c1-13-4-18-8-17(2-3-19(18)23-13)20(24)12-22-21-9-14-5-15(10-21)7-16(6-14)11-21/h2-3,8,13-16,22-23H,4-7,9-12H2,1H3. The molecule has 1 heterocycles.